The van der Waals surface area contributed by atoms with Crippen molar-refractivity contribution in [1.82, 2.24) is 0 Å². The highest BCUT2D eigenvalue weighted by Gasteiger charge is 2.10. The van der Waals surface area contributed by atoms with Gasteiger partial charge in [-0.2, -0.15) is 0 Å². The lowest BCUT2D eigenvalue weighted by Gasteiger charge is -2.04. The first-order valence-corrected chi connectivity index (χ1v) is 3.46. The van der Waals surface area contributed by atoms with Gasteiger partial charge in [-0.15, -0.1) is 0 Å². The van der Waals surface area contributed by atoms with Crippen LogP contribution in [0.1, 0.15) is 6.92 Å². The summed E-state index contributed by atoms with van der Waals surface area (Å²) in [6.45, 7) is 1.78. The third-order valence-corrected chi connectivity index (χ3v) is 0.967. The predicted octanol–water partition coefficient (Wildman–Crippen LogP) is 0.0501. The smallest absolute Gasteiger partial charge is 0.371 e. The van der Waals surface area contributed by atoms with Crippen LogP contribution in [-0.2, 0) is 19.1 Å². The second-order valence-electron chi connectivity index (χ2n) is 1.91. The normalized spacial score (nSPS) is 11.0. The first-order valence-electron chi connectivity index (χ1n) is 3.46. The molecule has 0 atom stereocenters. The first-order chi connectivity index (χ1) is 6.07. The molecule has 0 radical (unpaired) electrons. The van der Waals surface area contributed by atoms with Crippen LogP contribution in [0.4, 0.5) is 0 Å². The van der Waals surface area contributed by atoms with Gasteiger partial charge >= 0.3 is 11.9 Å². The van der Waals surface area contributed by atoms with Crippen molar-refractivity contribution in [3.05, 3.63) is 11.8 Å². The Morgan fingerprint density at radius 3 is 2.38 bits per heavy atom. The van der Waals surface area contributed by atoms with Gasteiger partial charge in [0.05, 0.1) is 6.08 Å². The van der Waals surface area contributed by atoms with Crippen molar-refractivity contribution in [3.63, 3.8) is 0 Å². The summed E-state index contributed by atoms with van der Waals surface area (Å²) in [5.41, 5.74) is 0. The van der Waals surface area contributed by atoms with Crippen LogP contribution >= 0.6 is 0 Å². The van der Waals surface area contributed by atoms with E-state index in [1.165, 1.54) is 0 Å². The standard InChI is InChI=1S/C7H10O6/c1-2-12-4-13-5(7(10)11)3-6(8)9/h3H,2,4H2,1H3,(H,8,9)(H,10,11)/b5-3+. The minimum atomic E-state index is -1.44. The quantitative estimate of drug-likeness (QED) is 0.266. The molecule has 0 saturated carbocycles. The molecule has 2 N–H and O–H groups in total. The molecule has 0 aromatic heterocycles. The van der Waals surface area contributed by atoms with Crippen LogP contribution in [0.3, 0.4) is 0 Å². The molecule has 0 fully saturated rings. The average Bonchev–Trinajstić information content (AvgIpc) is 2.02. The lowest BCUT2D eigenvalue weighted by molar-refractivity contribution is -0.141. The van der Waals surface area contributed by atoms with Crippen molar-refractivity contribution in [2.75, 3.05) is 13.4 Å². The highest BCUT2D eigenvalue weighted by Crippen LogP contribution is 1.97. The maximum Gasteiger partial charge on any atom is 0.371 e. The number of carboxylic acid groups (broad SMARTS) is 2. The summed E-state index contributed by atoms with van der Waals surface area (Å²) in [6, 6.07) is 0. The maximum atomic E-state index is 10.3. The van der Waals surface area contributed by atoms with E-state index < -0.39 is 17.7 Å². The topological polar surface area (TPSA) is 93.1 Å². The molecule has 74 valence electrons. The molecule has 0 rings (SSSR count). The molecule has 6 heteroatoms. The Labute approximate surface area is 74.4 Å². The van der Waals surface area contributed by atoms with E-state index in [0.717, 1.165) is 0 Å². The van der Waals surface area contributed by atoms with Gasteiger partial charge in [0.1, 0.15) is 0 Å². The molecular formula is C7H10O6. The number of rotatable bonds is 6. The van der Waals surface area contributed by atoms with Gasteiger partial charge in [-0.1, -0.05) is 0 Å². The highest BCUT2D eigenvalue weighted by molar-refractivity contribution is 5.92. The van der Waals surface area contributed by atoms with Crippen LogP contribution in [0.15, 0.2) is 11.8 Å². The molecule has 0 aliphatic rings. The predicted molar refractivity (Wildman–Crippen MR) is 40.9 cm³/mol. The van der Waals surface area contributed by atoms with Crippen LogP contribution < -0.4 is 0 Å². The van der Waals surface area contributed by atoms with Crippen molar-refractivity contribution >= 4 is 11.9 Å². The van der Waals surface area contributed by atoms with Crippen LogP contribution in [0.2, 0.25) is 0 Å². The molecule has 6 nitrogen and oxygen atoms in total. The molecule has 0 unspecified atom stereocenters. The zero-order valence-corrected chi connectivity index (χ0v) is 7.02. The molecule has 0 spiro atoms. The molecule has 0 heterocycles. The molecule has 0 saturated heterocycles. The van der Waals surface area contributed by atoms with E-state index in [1.807, 2.05) is 0 Å². The molecule has 0 bridgehead atoms. The Balaban J connectivity index is 4.11. The molecule has 13 heavy (non-hydrogen) atoms. The van der Waals surface area contributed by atoms with E-state index in [4.69, 9.17) is 10.2 Å². The van der Waals surface area contributed by atoms with E-state index in [-0.39, 0.29) is 6.79 Å². The summed E-state index contributed by atoms with van der Waals surface area (Å²) in [5, 5.41) is 16.6. The summed E-state index contributed by atoms with van der Waals surface area (Å²) in [6.07, 6.45) is 0.460. The minimum Gasteiger partial charge on any atom is -0.478 e. The third kappa shape index (κ3) is 5.68. The Bertz CT molecular complexity index is 219. The van der Waals surface area contributed by atoms with Crippen LogP contribution in [0.25, 0.3) is 0 Å². The van der Waals surface area contributed by atoms with Crippen molar-refractivity contribution in [3.8, 4) is 0 Å². The fourth-order valence-electron chi connectivity index (χ4n) is 0.466. The molecule has 0 aromatic rings. The van der Waals surface area contributed by atoms with E-state index in [9.17, 15) is 9.59 Å². The average molecular weight is 190 g/mol. The first kappa shape index (κ1) is 11.4. The van der Waals surface area contributed by atoms with Crippen LogP contribution in [-0.4, -0.2) is 35.6 Å². The number of aliphatic carboxylic acids is 2. The lowest BCUT2D eigenvalue weighted by atomic mass is 10.4. The van der Waals surface area contributed by atoms with Gasteiger partial charge in [-0.25, -0.2) is 9.59 Å². The second kappa shape index (κ2) is 6.01. The van der Waals surface area contributed by atoms with Gasteiger partial charge in [0.2, 0.25) is 5.76 Å². The molecule has 0 aromatic carbocycles. The SMILES string of the molecule is CCOCO/C(=C/C(=O)O)C(=O)O. The number of ether oxygens (including phenoxy) is 2. The van der Waals surface area contributed by atoms with Crippen molar-refractivity contribution < 1.29 is 29.3 Å². The number of hydrogen-bond acceptors (Lipinski definition) is 4. The molecule has 0 aliphatic heterocycles. The Hall–Kier alpha value is -1.56. The second-order valence-corrected chi connectivity index (χ2v) is 1.91. The summed E-state index contributed by atoms with van der Waals surface area (Å²) in [4.78, 5) is 20.4. The number of carbonyl (C=O) groups is 2. The zero-order chi connectivity index (χ0) is 10.3. The molecule has 0 amide bonds. The Morgan fingerprint density at radius 2 is 2.00 bits per heavy atom. The minimum absolute atomic E-state index is 0.276. The number of carboxylic acids is 2. The largest absolute Gasteiger partial charge is 0.478 e. The van der Waals surface area contributed by atoms with Crippen LogP contribution in [0, 0.1) is 0 Å². The van der Waals surface area contributed by atoms with E-state index in [0.29, 0.717) is 12.7 Å². The zero-order valence-electron chi connectivity index (χ0n) is 7.02. The van der Waals surface area contributed by atoms with Crippen molar-refractivity contribution in [1.29, 1.82) is 0 Å². The monoisotopic (exact) mass is 190 g/mol. The van der Waals surface area contributed by atoms with Gasteiger partial charge < -0.3 is 19.7 Å². The van der Waals surface area contributed by atoms with Crippen LogP contribution in [0.5, 0.6) is 0 Å². The maximum absolute atomic E-state index is 10.3. The summed E-state index contributed by atoms with van der Waals surface area (Å²) >= 11 is 0. The Morgan fingerprint density at radius 1 is 1.38 bits per heavy atom. The summed E-state index contributed by atoms with van der Waals surface area (Å²) in [7, 11) is 0. The van der Waals surface area contributed by atoms with E-state index in [1.54, 1.807) is 6.92 Å². The third-order valence-electron chi connectivity index (χ3n) is 0.967. The molecule has 0 aliphatic carbocycles. The Kier molecular flexibility index (Phi) is 5.29. The van der Waals surface area contributed by atoms with Gasteiger partial charge in [-0.3, -0.25) is 0 Å². The number of hydrogen-bond donors (Lipinski definition) is 2. The fourth-order valence-corrected chi connectivity index (χ4v) is 0.466. The molecular weight excluding hydrogens is 180 g/mol. The van der Waals surface area contributed by atoms with Gasteiger partial charge in [0.25, 0.3) is 0 Å². The van der Waals surface area contributed by atoms with Crippen molar-refractivity contribution in [2.45, 2.75) is 6.92 Å². The van der Waals surface area contributed by atoms with Gasteiger partial charge in [0.15, 0.2) is 6.79 Å². The highest BCUT2D eigenvalue weighted by atomic mass is 16.7. The van der Waals surface area contributed by atoms with Crippen molar-refractivity contribution in [2.24, 2.45) is 0 Å². The van der Waals surface area contributed by atoms with Gasteiger partial charge in [0, 0.05) is 6.61 Å². The van der Waals surface area contributed by atoms with E-state index >= 15 is 0 Å². The van der Waals surface area contributed by atoms with E-state index in [2.05, 4.69) is 9.47 Å². The lowest BCUT2D eigenvalue weighted by Crippen LogP contribution is -2.10. The summed E-state index contributed by atoms with van der Waals surface area (Å²) < 4.78 is 9.19. The fraction of sp³-hybridized carbons (Fsp3) is 0.429. The summed E-state index contributed by atoms with van der Waals surface area (Å²) in [5.74, 6) is -3.48. The van der Waals surface area contributed by atoms with Gasteiger partial charge in [-0.05, 0) is 6.92 Å².